The average Bonchev–Trinajstić information content (AvgIpc) is 3.51. The molecule has 2 fully saturated rings. The standard InChI is InChI=1S/C26H32FN5O2/c1-17(2)31-6-4-19(15-31)26(33)29-23-14-21(18(3)12-22(23)27)20-13-24(30-8-10-34-11-9-30)25-28-5-7-32(25)16-20/h5,7,12-14,16-17,19H,4,6,8-11,15H2,1-3H3,(H,29,33)/t19-/m0/s1. The van der Waals surface area contributed by atoms with Gasteiger partial charge >= 0.3 is 0 Å². The lowest BCUT2D eigenvalue weighted by molar-refractivity contribution is -0.119. The minimum atomic E-state index is -0.412. The first-order chi connectivity index (χ1) is 16.4. The Bertz CT molecular complexity index is 1200. The molecule has 0 unspecified atom stereocenters. The van der Waals surface area contributed by atoms with Crippen LogP contribution in [0.4, 0.5) is 15.8 Å². The molecule has 8 heteroatoms. The third kappa shape index (κ3) is 4.40. The lowest BCUT2D eigenvalue weighted by Gasteiger charge is -2.29. The first-order valence-corrected chi connectivity index (χ1v) is 12.1. The number of hydrogen-bond acceptors (Lipinski definition) is 5. The van der Waals surface area contributed by atoms with Crippen molar-refractivity contribution in [1.29, 1.82) is 0 Å². The van der Waals surface area contributed by atoms with Gasteiger partial charge in [-0.15, -0.1) is 0 Å². The summed E-state index contributed by atoms with van der Waals surface area (Å²) in [5.74, 6) is -0.650. The summed E-state index contributed by atoms with van der Waals surface area (Å²) in [5.41, 5.74) is 4.79. The van der Waals surface area contributed by atoms with E-state index in [1.54, 1.807) is 12.3 Å². The highest BCUT2D eigenvalue weighted by molar-refractivity contribution is 5.94. The van der Waals surface area contributed by atoms with Gasteiger partial charge in [-0.05, 0) is 63.1 Å². The number of halogens is 1. The van der Waals surface area contributed by atoms with Crippen molar-refractivity contribution in [2.24, 2.45) is 5.92 Å². The number of carbonyl (C=O) groups excluding carboxylic acids is 1. The maximum absolute atomic E-state index is 14.9. The van der Waals surface area contributed by atoms with Gasteiger partial charge < -0.3 is 24.3 Å². The normalized spacial score (nSPS) is 19.3. The summed E-state index contributed by atoms with van der Waals surface area (Å²) in [6, 6.07) is 5.78. The summed E-state index contributed by atoms with van der Waals surface area (Å²) in [7, 11) is 0. The van der Waals surface area contributed by atoms with Gasteiger partial charge in [-0.3, -0.25) is 4.79 Å². The number of amides is 1. The summed E-state index contributed by atoms with van der Waals surface area (Å²) in [6.45, 7) is 10.7. The summed E-state index contributed by atoms with van der Waals surface area (Å²) in [6.07, 6.45) is 6.51. The van der Waals surface area contributed by atoms with Crippen LogP contribution < -0.4 is 10.2 Å². The fourth-order valence-corrected chi connectivity index (χ4v) is 4.98. The molecule has 0 radical (unpaired) electrons. The summed E-state index contributed by atoms with van der Waals surface area (Å²) in [5, 5.41) is 2.87. The van der Waals surface area contributed by atoms with Gasteiger partial charge in [0.15, 0.2) is 5.65 Å². The molecule has 0 aliphatic carbocycles. The molecule has 1 atom stereocenters. The fraction of sp³-hybridized carbons (Fsp3) is 0.462. The third-order valence-corrected chi connectivity index (χ3v) is 7.02. The SMILES string of the molecule is Cc1cc(F)c(NC(=O)[C@H]2CCN(C(C)C)C2)cc1-c1cc(N2CCOCC2)c2nccn2c1. The largest absolute Gasteiger partial charge is 0.378 e. The van der Waals surface area contributed by atoms with Crippen molar-refractivity contribution in [3.8, 4) is 11.1 Å². The Hall–Kier alpha value is -2.97. The molecule has 2 saturated heterocycles. The number of nitrogens with zero attached hydrogens (tertiary/aromatic N) is 4. The van der Waals surface area contributed by atoms with E-state index >= 15 is 0 Å². The molecule has 180 valence electrons. The van der Waals surface area contributed by atoms with Crippen LogP contribution in [0.3, 0.4) is 0 Å². The predicted molar refractivity (Wildman–Crippen MR) is 132 cm³/mol. The van der Waals surface area contributed by atoms with Crippen LogP contribution in [0.15, 0.2) is 36.8 Å². The zero-order valence-corrected chi connectivity index (χ0v) is 20.1. The fourth-order valence-electron chi connectivity index (χ4n) is 4.98. The molecule has 2 aliphatic heterocycles. The molecule has 3 aromatic rings. The van der Waals surface area contributed by atoms with E-state index in [2.05, 4.69) is 40.0 Å². The highest BCUT2D eigenvalue weighted by Gasteiger charge is 2.30. The van der Waals surface area contributed by atoms with Gasteiger partial charge in [0.1, 0.15) is 5.82 Å². The number of likely N-dealkylation sites (tertiary alicyclic amines) is 1. The van der Waals surface area contributed by atoms with Crippen LogP contribution in [0.25, 0.3) is 16.8 Å². The molecule has 0 bridgehead atoms. The Labute approximate surface area is 199 Å². The third-order valence-electron chi connectivity index (χ3n) is 7.02. The average molecular weight is 466 g/mol. The summed E-state index contributed by atoms with van der Waals surface area (Å²) < 4.78 is 22.4. The number of rotatable bonds is 5. The number of hydrogen-bond donors (Lipinski definition) is 1. The predicted octanol–water partition coefficient (Wildman–Crippen LogP) is 3.95. The molecule has 2 aliphatic rings. The van der Waals surface area contributed by atoms with Crippen molar-refractivity contribution in [3.63, 3.8) is 0 Å². The number of aromatic nitrogens is 2. The topological polar surface area (TPSA) is 62.1 Å². The molecule has 5 rings (SSSR count). The van der Waals surface area contributed by atoms with Gasteiger partial charge in [-0.2, -0.15) is 0 Å². The Morgan fingerprint density at radius 1 is 1.21 bits per heavy atom. The van der Waals surface area contributed by atoms with Crippen molar-refractivity contribution < 1.29 is 13.9 Å². The molecule has 2 aromatic heterocycles. The van der Waals surface area contributed by atoms with E-state index in [-0.39, 0.29) is 17.5 Å². The van der Waals surface area contributed by atoms with Gasteiger partial charge in [0, 0.05) is 49.8 Å². The first-order valence-electron chi connectivity index (χ1n) is 12.1. The van der Waals surface area contributed by atoms with Crippen molar-refractivity contribution >= 4 is 22.9 Å². The van der Waals surface area contributed by atoms with Crippen LogP contribution in [0.1, 0.15) is 25.8 Å². The number of imidazole rings is 1. The second-order valence-corrected chi connectivity index (χ2v) is 9.58. The van der Waals surface area contributed by atoms with Crippen LogP contribution in [-0.4, -0.2) is 65.6 Å². The summed E-state index contributed by atoms with van der Waals surface area (Å²) >= 11 is 0. The number of anilines is 2. The van der Waals surface area contributed by atoms with Crippen molar-refractivity contribution in [2.75, 3.05) is 49.6 Å². The Kier molecular flexibility index (Phi) is 6.27. The van der Waals surface area contributed by atoms with Crippen LogP contribution in [0.5, 0.6) is 0 Å². The van der Waals surface area contributed by atoms with Crippen LogP contribution in [0, 0.1) is 18.7 Å². The van der Waals surface area contributed by atoms with E-state index in [1.807, 2.05) is 23.7 Å². The van der Waals surface area contributed by atoms with Gasteiger partial charge in [0.25, 0.3) is 0 Å². The van der Waals surface area contributed by atoms with Crippen LogP contribution in [-0.2, 0) is 9.53 Å². The molecule has 4 heterocycles. The van der Waals surface area contributed by atoms with E-state index in [0.717, 1.165) is 54.1 Å². The Morgan fingerprint density at radius 2 is 2.00 bits per heavy atom. The molecule has 0 spiro atoms. The lowest BCUT2D eigenvalue weighted by atomic mass is 9.99. The van der Waals surface area contributed by atoms with Crippen molar-refractivity contribution in [2.45, 2.75) is 33.2 Å². The number of ether oxygens (including phenoxy) is 1. The number of fused-ring (bicyclic) bond motifs is 1. The number of benzene rings is 1. The number of aryl methyl sites for hydroxylation is 1. The zero-order valence-electron chi connectivity index (χ0n) is 20.1. The highest BCUT2D eigenvalue weighted by Crippen LogP contribution is 2.34. The second-order valence-electron chi connectivity index (χ2n) is 9.58. The maximum Gasteiger partial charge on any atom is 0.228 e. The molecule has 1 aromatic carbocycles. The Balaban J connectivity index is 1.46. The van der Waals surface area contributed by atoms with Crippen LogP contribution in [0.2, 0.25) is 0 Å². The van der Waals surface area contributed by atoms with E-state index in [0.29, 0.717) is 25.8 Å². The Morgan fingerprint density at radius 3 is 2.74 bits per heavy atom. The highest BCUT2D eigenvalue weighted by atomic mass is 19.1. The molecular weight excluding hydrogens is 433 g/mol. The quantitative estimate of drug-likeness (QED) is 0.618. The lowest BCUT2D eigenvalue weighted by Crippen LogP contribution is -2.36. The first kappa shape index (κ1) is 22.8. The van der Waals surface area contributed by atoms with Gasteiger partial charge in [0.2, 0.25) is 5.91 Å². The van der Waals surface area contributed by atoms with Crippen molar-refractivity contribution in [1.82, 2.24) is 14.3 Å². The van der Waals surface area contributed by atoms with E-state index < -0.39 is 5.82 Å². The van der Waals surface area contributed by atoms with Crippen LogP contribution >= 0.6 is 0 Å². The zero-order chi connectivity index (χ0) is 23.8. The molecule has 0 saturated carbocycles. The molecule has 34 heavy (non-hydrogen) atoms. The van der Waals surface area contributed by atoms with E-state index in [1.165, 1.54) is 6.07 Å². The van der Waals surface area contributed by atoms with Gasteiger partial charge in [-0.1, -0.05) is 0 Å². The van der Waals surface area contributed by atoms with Crippen molar-refractivity contribution in [3.05, 3.63) is 48.2 Å². The monoisotopic (exact) mass is 465 g/mol. The van der Waals surface area contributed by atoms with Gasteiger partial charge in [0.05, 0.1) is 30.5 Å². The smallest absolute Gasteiger partial charge is 0.228 e. The van der Waals surface area contributed by atoms with E-state index in [9.17, 15) is 9.18 Å². The molecule has 1 N–H and O–H groups in total. The van der Waals surface area contributed by atoms with Gasteiger partial charge in [-0.25, -0.2) is 9.37 Å². The molecule has 1 amide bonds. The minimum absolute atomic E-state index is 0.115. The van der Waals surface area contributed by atoms with E-state index in [4.69, 9.17) is 4.74 Å². The molecular formula is C26H32FN5O2. The minimum Gasteiger partial charge on any atom is -0.378 e. The number of pyridine rings is 1. The number of nitrogens with one attached hydrogen (secondary N) is 1. The maximum atomic E-state index is 14.9. The molecule has 7 nitrogen and oxygen atoms in total. The second kappa shape index (κ2) is 9.35. The number of carbonyl (C=O) groups is 1. The number of morpholine rings is 1. The summed E-state index contributed by atoms with van der Waals surface area (Å²) in [4.78, 5) is 22.0.